The molecule has 1 aliphatic rings. The molecule has 0 saturated heterocycles. The van der Waals surface area contributed by atoms with Gasteiger partial charge in [0.15, 0.2) is 0 Å². The molecule has 1 aromatic carbocycles. The maximum Gasteiger partial charge on any atom is 0.00809 e. The van der Waals surface area contributed by atoms with E-state index in [0.717, 1.165) is 0 Å². The van der Waals surface area contributed by atoms with E-state index in [9.17, 15) is 0 Å². The van der Waals surface area contributed by atoms with Gasteiger partial charge in [-0.2, -0.15) is 0 Å². The zero-order valence-corrected chi connectivity index (χ0v) is 10.0. The van der Waals surface area contributed by atoms with Crippen molar-refractivity contribution in [2.24, 2.45) is 11.8 Å². The van der Waals surface area contributed by atoms with Gasteiger partial charge in [-0.25, -0.2) is 0 Å². The Kier molecular flexibility index (Phi) is 2.82. The van der Waals surface area contributed by atoms with Crippen LogP contribution in [0.5, 0.6) is 0 Å². The molecule has 1 aromatic rings. The van der Waals surface area contributed by atoms with Gasteiger partial charge in [-0.05, 0) is 24.3 Å². The molecule has 2 rings (SSSR count). The molecule has 0 radical (unpaired) electrons. The molecule has 16 heavy (non-hydrogen) atoms. The summed E-state index contributed by atoms with van der Waals surface area (Å²) in [5.41, 5.74) is 2.81. The molecule has 0 amide bonds. The minimum atomic E-state index is 0.396. The SMILES string of the molecule is C=CC1C(C)=c2ccccc2=C(C)C1C=C. The fraction of sp³-hybridized carbons (Fsp3) is 0.250. The quantitative estimate of drug-likeness (QED) is 0.658. The van der Waals surface area contributed by atoms with Crippen LogP contribution >= 0.6 is 0 Å². The summed E-state index contributed by atoms with van der Waals surface area (Å²) in [4.78, 5) is 0. The Balaban J connectivity index is 2.88. The van der Waals surface area contributed by atoms with Crippen LogP contribution in [0.1, 0.15) is 13.8 Å². The van der Waals surface area contributed by atoms with Crippen molar-refractivity contribution in [1.82, 2.24) is 0 Å². The van der Waals surface area contributed by atoms with E-state index in [1.165, 1.54) is 21.6 Å². The second-order valence-corrected chi connectivity index (χ2v) is 4.43. The van der Waals surface area contributed by atoms with Crippen LogP contribution in [0, 0.1) is 11.8 Å². The fourth-order valence-electron chi connectivity index (χ4n) is 2.72. The molecule has 0 aliphatic heterocycles. The molecule has 82 valence electrons. The largest absolute Gasteiger partial charge is 0.102 e. The lowest BCUT2D eigenvalue weighted by Gasteiger charge is -2.27. The maximum absolute atomic E-state index is 3.96. The van der Waals surface area contributed by atoms with E-state index in [-0.39, 0.29) is 0 Å². The van der Waals surface area contributed by atoms with Crippen LogP contribution in [-0.2, 0) is 0 Å². The Morgan fingerprint density at radius 3 is 1.56 bits per heavy atom. The highest BCUT2D eigenvalue weighted by atomic mass is 14.3. The lowest BCUT2D eigenvalue weighted by molar-refractivity contribution is 0.686. The van der Waals surface area contributed by atoms with Crippen LogP contribution in [0.15, 0.2) is 49.6 Å². The number of allylic oxidation sites excluding steroid dienone is 2. The van der Waals surface area contributed by atoms with Gasteiger partial charge < -0.3 is 0 Å². The highest BCUT2D eigenvalue weighted by Gasteiger charge is 2.23. The lowest BCUT2D eigenvalue weighted by atomic mass is 9.77. The van der Waals surface area contributed by atoms with Crippen molar-refractivity contribution >= 4 is 11.1 Å². The standard InChI is InChI=1S/C16H18/c1-5-13-11(3)15-9-7-8-10-16(15)12(4)14(13)6-2/h5-10,13-14H,1-2H2,3-4H3. The van der Waals surface area contributed by atoms with Gasteiger partial charge >= 0.3 is 0 Å². The molecule has 1 aliphatic carbocycles. The number of hydrogen-bond acceptors (Lipinski definition) is 0. The summed E-state index contributed by atoms with van der Waals surface area (Å²) in [6.45, 7) is 12.3. The van der Waals surface area contributed by atoms with Crippen LogP contribution in [0.2, 0.25) is 0 Å². The fourth-order valence-corrected chi connectivity index (χ4v) is 2.72. The smallest absolute Gasteiger partial charge is 0.00809 e. The van der Waals surface area contributed by atoms with E-state index in [1.54, 1.807) is 0 Å². The minimum Gasteiger partial charge on any atom is -0.102 e. The van der Waals surface area contributed by atoms with E-state index in [1.807, 2.05) is 12.2 Å². The molecule has 0 heterocycles. The molecular weight excluding hydrogens is 192 g/mol. The summed E-state index contributed by atoms with van der Waals surface area (Å²) in [6, 6.07) is 8.60. The number of rotatable bonds is 2. The van der Waals surface area contributed by atoms with Crippen molar-refractivity contribution in [3.8, 4) is 0 Å². The number of benzene rings is 1. The van der Waals surface area contributed by atoms with E-state index < -0.39 is 0 Å². The molecule has 0 N–H and O–H groups in total. The molecule has 2 atom stereocenters. The molecule has 2 unspecified atom stereocenters. The summed E-state index contributed by atoms with van der Waals surface area (Å²) in [5.74, 6) is 0.791. The van der Waals surface area contributed by atoms with Crippen LogP contribution in [-0.4, -0.2) is 0 Å². The number of fused-ring (bicyclic) bond motifs is 1. The van der Waals surface area contributed by atoms with E-state index >= 15 is 0 Å². The third-order valence-electron chi connectivity index (χ3n) is 3.67. The van der Waals surface area contributed by atoms with Gasteiger partial charge in [-0.1, -0.05) is 47.6 Å². The van der Waals surface area contributed by atoms with Crippen molar-refractivity contribution in [2.45, 2.75) is 13.8 Å². The van der Waals surface area contributed by atoms with Gasteiger partial charge in [-0.3, -0.25) is 0 Å². The predicted octanol–water partition coefficient (Wildman–Crippen LogP) is 2.65. The molecule has 0 bridgehead atoms. The number of hydrogen-bond donors (Lipinski definition) is 0. The van der Waals surface area contributed by atoms with E-state index in [2.05, 4.69) is 51.3 Å². The first-order valence-corrected chi connectivity index (χ1v) is 5.72. The Hall–Kier alpha value is -1.56. The summed E-state index contributed by atoms with van der Waals surface area (Å²) >= 11 is 0. The van der Waals surface area contributed by atoms with E-state index in [4.69, 9.17) is 0 Å². The van der Waals surface area contributed by atoms with Gasteiger partial charge in [0, 0.05) is 11.8 Å². The highest BCUT2D eigenvalue weighted by molar-refractivity contribution is 5.63. The summed E-state index contributed by atoms with van der Waals surface area (Å²) in [6.07, 6.45) is 4.09. The Bertz CT molecular complexity index is 495. The monoisotopic (exact) mass is 210 g/mol. The average Bonchev–Trinajstić information content (AvgIpc) is 2.33. The topological polar surface area (TPSA) is 0 Å². The second-order valence-electron chi connectivity index (χ2n) is 4.43. The Morgan fingerprint density at radius 1 is 0.875 bits per heavy atom. The Morgan fingerprint density at radius 2 is 1.25 bits per heavy atom. The van der Waals surface area contributed by atoms with E-state index in [0.29, 0.717) is 11.8 Å². The van der Waals surface area contributed by atoms with Gasteiger partial charge in [0.25, 0.3) is 0 Å². The average molecular weight is 210 g/mol. The summed E-state index contributed by atoms with van der Waals surface area (Å²) in [5, 5.41) is 2.73. The molecular formula is C16H18. The maximum atomic E-state index is 3.96. The molecule has 0 fully saturated rings. The summed E-state index contributed by atoms with van der Waals surface area (Å²) in [7, 11) is 0. The molecule has 0 heteroatoms. The zero-order valence-electron chi connectivity index (χ0n) is 10.0. The third-order valence-corrected chi connectivity index (χ3v) is 3.67. The zero-order chi connectivity index (χ0) is 11.7. The predicted molar refractivity (Wildman–Crippen MR) is 71.2 cm³/mol. The Labute approximate surface area is 97.3 Å². The van der Waals surface area contributed by atoms with Gasteiger partial charge in [-0.15, -0.1) is 13.2 Å². The van der Waals surface area contributed by atoms with Crippen molar-refractivity contribution in [3.63, 3.8) is 0 Å². The normalized spacial score (nSPS) is 23.9. The minimum absolute atomic E-state index is 0.396. The summed E-state index contributed by atoms with van der Waals surface area (Å²) < 4.78 is 0. The van der Waals surface area contributed by atoms with Gasteiger partial charge in [0.1, 0.15) is 0 Å². The first kappa shape index (κ1) is 10.9. The van der Waals surface area contributed by atoms with Crippen LogP contribution in [0.3, 0.4) is 0 Å². The second kappa shape index (κ2) is 4.13. The highest BCUT2D eigenvalue weighted by Crippen LogP contribution is 2.30. The molecule has 0 aromatic heterocycles. The van der Waals surface area contributed by atoms with Crippen molar-refractivity contribution in [1.29, 1.82) is 0 Å². The van der Waals surface area contributed by atoms with Crippen LogP contribution < -0.4 is 10.4 Å². The van der Waals surface area contributed by atoms with Crippen LogP contribution in [0.4, 0.5) is 0 Å². The molecule has 0 nitrogen and oxygen atoms in total. The van der Waals surface area contributed by atoms with Crippen molar-refractivity contribution in [3.05, 3.63) is 60.0 Å². The molecule has 0 spiro atoms. The van der Waals surface area contributed by atoms with Gasteiger partial charge in [0.05, 0.1) is 0 Å². The van der Waals surface area contributed by atoms with Crippen molar-refractivity contribution in [2.75, 3.05) is 0 Å². The lowest BCUT2D eigenvalue weighted by Crippen LogP contribution is -2.37. The molecule has 0 saturated carbocycles. The third kappa shape index (κ3) is 1.46. The van der Waals surface area contributed by atoms with Crippen LogP contribution in [0.25, 0.3) is 11.1 Å². The van der Waals surface area contributed by atoms with Gasteiger partial charge in [0.2, 0.25) is 0 Å². The van der Waals surface area contributed by atoms with Crippen molar-refractivity contribution < 1.29 is 0 Å². The first-order chi connectivity index (χ1) is 7.70. The first-order valence-electron chi connectivity index (χ1n) is 5.72.